The van der Waals surface area contributed by atoms with E-state index in [0.29, 0.717) is 26.2 Å². The number of ether oxygens (including phenoxy) is 1. The molecule has 1 aliphatic rings. The lowest BCUT2D eigenvalue weighted by molar-refractivity contribution is -0.139. The third kappa shape index (κ3) is 3.68. The van der Waals surface area contributed by atoms with Crippen LogP contribution < -0.4 is 14.9 Å². The molecule has 2 aromatic heterocycles. The number of benzene rings is 1. The summed E-state index contributed by atoms with van der Waals surface area (Å²) in [4.78, 5) is 32.0. The first-order valence-electron chi connectivity index (χ1n) is 9.12. The average molecular weight is 505 g/mol. The van der Waals surface area contributed by atoms with Crippen LogP contribution in [0.4, 0.5) is 0 Å². The number of aromatic nitrogens is 1. The van der Waals surface area contributed by atoms with E-state index in [-0.39, 0.29) is 17.9 Å². The van der Waals surface area contributed by atoms with E-state index in [1.807, 2.05) is 17.5 Å². The van der Waals surface area contributed by atoms with Crippen molar-refractivity contribution < 1.29 is 14.6 Å². The van der Waals surface area contributed by atoms with E-state index in [2.05, 4.69) is 20.9 Å². The lowest BCUT2D eigenvalue weighted by Gasteiger charge is -2.23. The van der Waals surface area contributed by atoms with E-state index < -0.39 is 12.0 Å². The largest absolute Gasteiger partial charge is 0.507 e. The lowest BCUT2D eigenvalue weighted by atomic mass is 10.0. The van der Waals surface area contributed by atoms with Crippen molar-refractivity contribution in [2.75, 3.05) is 6.61 Å². The number of fused-ring (bicyclic) bond motifs is 1. The van der Waals surface area contributed by atoms with Gasteiger partial charge in [-0.1, -0.05) is 33.3 Å². The number of hydrogen-bond donors (Lipinski definition) is 1. The quantitative estimate of drug-likeness (QED) is 0.552. The first kappa shape index (κ1) is 20.8. The Balaban J connectivity index is 1.96. The molecular weight excluding hydrogens is 488 g/mol. The van der Waals surface area contributed by atoms with Crippen molar-refractivity contribution in [3.63, 3.8) is 0 Å². The number of phenolic OH excluding ortho intramolecular Hbond substituents is 1. The smallest absolute Gasteiger partial charge is 0.338 e. The van der Waals surface area contributed by atoms with Crippen LogP contribution in [-0.4, -0.2) is 22.2 Å². The Bertz CT molecular complexity index is 1340. The summed E-state index contributed by atoms with van der Waals surface area (Å²) in [6, 6.07) is 8.20. The third-order valence-electron chi connectivity index (χ3n) is 4.61. The van der Waals surface area contributed by atoms with Crippen molar-refractivity contribution >= 4 is 50.6 Å². The highest BCUT2D eigenvalue weighted by Crippen LogP contribution is 2.33. The molecule has 1 N–H and O–H groups in total. The highest BCUT2D eigenvalue weighted by atomic mass is 79.9. The zero-order valence-corrected chi connectivity index (χ0v) is 19.3. The van der Waals surface area contributed by atoms with Crippen LogP contribution in [0.25, 0.3) is 6.08 Å². The van der Waals surface area contributed by atoms with Gasteiger partial charge in [0.05, 0.1) is 22.4 Å². The van der Waals surface area contributed by atoms with Gasteiger partial charge in [0.2, 0.25) is 0 Å². The van der Waals surface area contributed by atoms with Crippen molar-refractivity contribution in [3.05, 3.63) is 81.6 Å². The Hall–Kier alpha value is -2.49. The molecule has 9 heteroatoms. The second kappa shape index (κ2) is 8.33. The monoisotopic (exact) mass is 504 g/mol. The molecule has 3 heterocycles. The Labute approximate surface area is 188 Å². The Morgan fingerprint density at radius 2 is 2.20 bits per heavy atom. The third-order valence-corrected chi connectivity index (χ3v) is 7.01. The van der Waals surface area contributed by atoms with Crippen LogP contribution in [0.3, 0.4) is 0 Å². The molecule has 0 amide bonds. The molecule has 0 spiro atoms. The van der Waals surface area contributed by atoms with Crippen LogP contribution in [0.1, 0.15) is 30.3 Å². The van der Waals surface area contributed by atoms with E-state index in [1.54, 1.807) is 38.1 Å². The summed E-state index contributed by atoms with van der Waals surface area (Å²) in [6.07, 6.45) is 1.64. The highest BCUT2D eigenvalue weighted by Gasteiger charge is 2.33. The molecule has 0 radical (unpaired) electrons. The molecule has 1 aromatic carbocycles. The second-order valence-electron chi connectivity index (χ2n) is 6.52. The fourth-order valence-corrected chi connectivity index (χ4v) is 5.53. The van der Waals surface area contributed by atoms with Crippen LogP contribution in [0.5, 0.6) is 5.75 Å². The second-order valence-corrected chi connectivity index (χ2v) is 9.42. The summed E-state index contributed by atoms with van der Waals surface area (Å²) < 4.78 is 8.00. The SMILES string of the molecule is CCOC(=O)C1=C(C)N=c2sc(=Cc3cc(Br)ccc3O)c(=O)n2[C@H]1c1cccs1. The van der Waals surface area contributed by atoms with Gasteiger partial charge in [-0.15, -0.1) is 11.3 Å². The van der Waals surface area contributed by atoms with E-state index in [9.17, 15) is 14.7 Å². The number of rotatable bonds is 4. The molecule has 0 unspecified atom stereocenters. The predicted molar refractivity (Wildman–Crippen MR) is 121 cm³/mol. The number of carbonyl (C=O) groups is 1. The van der Waals surface area contributed by atoms with Crippen LogP contribution in [0.15, 0.2) is 61.2 Å². The number of hydrogen-bond acceptors (Lipinski definition) is 7. The maximum Gasteiger partial charge on any atom is 0.338 e. The predicted octanol–water partition coefficient (Wildman–Crippen LogP) is 3.33. The van der Waals surface area contributed by atoms with Gasteiger partial charge in [0.15, 0.2) is 4.80 Å². The number of carbonyl (C=O) groups excluding carboxylic acids is 1. The van der Waals surface area contributed by atoms with Gasteiger partial charge in [0.1, 0.15) is 11.8 Å². The number of thiazole rings is 1. The van der Waals surface area contributed by atoms with Crippen molar-refractivity contribution in [3.8, 4) is 5.75 Å². The lowest BCUT2D eigenvalue weighted by Crippen LogP contribution is -2.39. The Kier molecular flexibility index (Phi) is 5.77. The number of thiophene rings is 1. The molecule has 0 bridgehead atoms. The molecule has 0 saturated carbocycles. The molecule has 4 rings (SSSR count). The zero-order chi connectivity index (χ0) is 21.4. The van der Waals surface area contributed by atoms with Gasteiger partial charge in [-0.2, -0.15) is 0 Å². The molecule has 1 atom stereocenters. The minimum atomic E-state index is -0.599. The van der Waals surface area contributed by atoms with Crippen LogP contribution in [0, 0.1) is 0 Å². The minimum Gasteiger partial charge on any atom is -0.507 e. The molecule has 6 nitrogen and oxygen atoms in total. The number of esters is 1. The van der Waals surface area contributed by atoms with Gasteiger partial charge in [-0.3, -0.25) is 9.36 Å². The summed E-state index contributed by atoms with van der Waals surface area (Å²) >= 11 is 6.07. The van der Waals surface area contributed by atoms with Gasteiger partial charge in [-0.05, 0) is 49.6 Å². The van der Waals surface area contributed by atoms with Crippen molar-refractivity contribution in [1.82, 2.24) is 4.57 Å². The highest BCUT2D eigenvalue weighted by molar-refractivity contribution is 9.10. The van der Waals surface area contributed by atoms with Gasteiger partial charge >= 0.3 is 5.97 Å². The molecule has 1 aliphatic heterocycles. The molecule has 0 aliphatic carbocycles. The first-order valence-corrected chi connectivity index (χ1v) is 11.6. The first-order chi connectivity index (χ1) is 14.4. The number of allylic oxidation sites excluding steroid dienone is 1. The summed E-state index contributed by atoms with van der Waals surface area (Å²) in [5, 5.41) is 12.1. The molecule has 154 valence electrons. The zero-order valence-electron chi connectivity index (χ0n) is 16.1. The topological polar surface area (TPSA) is 80.9 Å². The Morgan fingerprint density at radius 1 is 1.40 bits per heavy atom. The molecule has 0 fully saturated rings. The Morgan fingerprint density at radius 3 is 2.90 bits per heavy atom. The summed E-state index contributed by atoms with van der Waals surface area (Å²) in [7, 11) is 0. The fourth-order valence-electron chi connectivity index (χ4n) is 3.29. The van der Waals surface area contributed by atoms with E-state index in [4.69, 9.17) is 4.74 Å². The molecule has 0 saturated heterocycles. The molecular formula is C21H17BrN2O4S2. The van der Waals surface area contributed by atoms with Crippen molar-refractivity contribution in [2.24, 2.45) is 4.99 Å². The average Bonchev–Trinajstić information content (AvgIpc) is 3.33. The van der Waals surface area contributed by atoms with Crippen LogP contribution in [0.2, 0.25) is 0 Å². The maximum absolute atomic E-state index is 13.4. The van der Waals surface area contributed by atoms with Crippen molar-refractivity contribution in [1.29, 1.82) is 0 Å². The summed E-state index contributed by atoms with van der Waals surface area (Å²) in [5.41, 5.74) is 1.14. The number of halogens is 1. The van der Waals surface area contributed by atoms with Crippen LogP contribution in [-0.2, 0) is 9.53 Å². The van der Waals surface area contributed by atoms with Gasteiger partial charge in [-0.25, -0.2) is 9.79 Å². The maximum atomic E-state index is 13.4. The molecule has 3 aromatic rings. The summed E-state index contributed by atoms with van der Waals surface area (Å²) in [6.45, 7) is 3.73. The van der Waals surface area contributed by atoms with Crippen molar-refractivity contribution in [2.45, 2.75) is 19.9 Å². The minimum absolute atomic E-state index is 0.0715. The van der Waals surface area contributed by atoms with Gasteiger partial charge in [0.25, 0.3) is 5.56 Å². The van der Waals surface area contributed by atoms with Crippen LogP contribution >= 0.6 is 38.6 Å². The van der Waals surface area contributed by atoms with Gasteiger partial charge in [0, 0.05) is 14.9 Å². The van der Waals surface area contributed by atoms with E-state index in [1.165, 1.54) is 27.2 Å². The summed E-state index contributed by atoms with van der Waals surface area (Å²) in [5.74, 6) is -0.404. The fraction of sp³-hybridized carbons (Fsp3) is 0.190. The number of aromatic hydroxyl groups is 1. The standard InChI is InChI=1S/C21H17BrN2O4S2/c1-3-28-20(27)17-11(2)23-21-24(18(17)15-5-4-8-29-15)19(26)16(30-21)10-12-9-13(22)6-7-14(12)25/h4-10,18,25H,3H2,1-2H3/t18-/m0/s1. The normalized spacial score (nSPS) is 16.4. The molecule has 30 heavy (non-hydrogen) atoms. The van der Waals surface area contributed by atoms with Gasteiger partial charge < -0.3 is 9.84 Å². The van der Waals surface area contributed by atoms with E-state index in [0.717, 1.165) is 9.35 Å². The number of phenols is 1. The van der Waals surface area contributed by atoms with E-state index >= 15 is 0 Å². The number of nitrogens with zero attached hydrogens (tertiary/aromatic N) is 2.